The fourth-order valence-corrected chi connectivity index (χ4v) is 2.15. The smallest absolute Gasteiger partial charge is 0.339 e. The van der Waals surface area contributed by atoms with Gasteiger partial charge in [0.25, 0.3) is 0 Å². The SMILES string of the molecule is CN(c1ccc(C#N)cc1)c1cccc(Cl)c1C(=O)O. The number of benzene rings is 2. The van der Waals surface area contributed by atoms with Crippen LogP contribution in [0.1, 0.15) is 15.9 Å². The summed E-state index contributed by atoms with van der Waals surface area (Å²) in [6.07, 6.45) is 0. The fraction of sp³-hybridized carbons (Fsp3) is 0.0667. The van der Waals surface area contributed by atoms with Gasteiger partial charge < -0.3 is 10.0 Å². The van der Waals surface area contributed by atoms with E-state index in [4.69, 9.17) is 16.9 Å². The van der Waals surface area contributed by atoms with Crippen LogP contribution < -0.4 is 4.90 Å². The Bertz CT molecular complexity index is 690. The van der Waals surface area contributed by atoms with Crippen LogP contribution in [-0.2, 0) is 0 Å². The second kappa shape index (κ2) is 5.64. The molecule has 0 fully saturated rings. The van der Waals surface area contributed by atoms with E-state index in [9.17, 15) is 9.90 Å². The van der Waals surface area contributed by atoms with E-state index in [1.54, 1.807) is 54.4 Å². The number of carbonyl (C=O) groups is 1. The molecule has 2 rings (SSSR count). The number of hydrogen-bond acceptors (Lipinski definition) is 3. The number of carboxylic acids is 1. The molecule has 100 valence electrons. The zero-order valence-electron chi connectivity index (χ0n) is 10.7. The van der Waals surface area contributed by atoms with Crippen molar-refractivity contribution in [2.24, 2.45) is 0 Å². The highest BCUT2D eigenvalue weighted by Gasteiger charge is 2.17. The van der Waals surface area contributed by atoms with Crippen molar-refractivity contribution in [1.82, 2.24) is 0 Å². The molecule has 0 aliphatic heterocycles. The van der Waals surface area contributed by atoms with E-state index in [0.717, 1.165) is 5.69 Å². The third-order valence-electron chi connectivity index (χ3n) is 2.95. The monoisotopic (exact) mass is 286 g/mol. The highest BCUT2D eigenvalue weighted by Crippen LogP contribution is 2.31. The lowest BCUT2D eigenvalue weighted by atomic mass is 10.1. The zero-order chi connectivity index (χ0) is 14.7. The molecular weight excluding hydrogens is 276 g/mol. The fourth-order valence-electron chi connectivity index (χ4n) is 1.90. The van der Waals surface area contributed by atoms with E-state index in [0.29, 0.717) is 11.3 Å². The molecule has 0 aromatic heterocycles. The first kappa shape index (κ1) is 13.9. The number of carboxylic acid groups (broad SMARTS) is 1. The maximum absolute atomic E-state index is 11.3. The van der Waals surface area contributed by atoms with Gasteiger partial charge in [-0.2, -0.15) is 5.26 Å². The molecule has 2 aromatic rings. The van der Waals surface area contributed by atoms with Crippen LogP contribution in [0.3, 0.4) is 0 Å². The Morgan fingerprint density at radius 1 is 1.25 bits per heavy atom. The van der Waals surface area contributed by atoms with Crippen molar-refractivity contribution in [2.75, 3.05) is 11.9 Å². The Balaban J connectivity index is 2.48. The van der Waals surface area contributed by atoms with E-state index in [-0.39, 0.29) is 10.6 Å². The summed E-state index contributed by atoms with van der Waals surface area (Å²) >= 11 is 5.95. The maximum atomic E-state index is 11.3. The Hall–Kier alpha value is -2.51. The molecule has 0 saturated carbocycles. The number of nitriles is 1. The number of hydrogen-bond donors (Lipinski definition) is 1. The quantitative estimate of drug-likeness (QED) is 0.935. The maximum Gasteiger partial charge on any atom is 0.339 e. The van der Waals surface area contributed by atoms with Gasteiger partial charge in [0.05, 0.1) is 22.3 Å². The summed E-state index contributed by atoms with van der Waals surface area (Å²) < 4.78 is 0. The van der Waals surface area contributed by atoms with Crippen molar-refractivity contribution >= 4 is 28.9 Å². The van der Waals surface area contributed by atoms with Gasteiger partial charge in [-0.1, -0.05) is 17.7 Å². The van der Waals surface area contributed by atoms with Crippen LogP contribution >= 0.6 is 11.6 Å². The van der Waals surface area contributed by atoms with Gasteiger partial charge in [-0.15, -0.1) is 0 Å². The molecule has 0 radical (unpaired) electrons. The van der Waals surface area contributed by atoms with Crippen LogP contribution in [0.25, 0.3) is 0 Å². The zero-order valence-corrected chi connectivity index (χ0v) is 11.4. The van der Waals surface area contributed by atoms with Gasteiger partial charge in [-0.05, 0) is 36.4 Å². The number of anilines is 2. The molecular formula is C15H11ClN2O2. The summed E-state index contributed by atoms with van der Waals surface area (Å²) in [7, 11) is 1.75. The van der Waals surface area contributed by atoms with E-state index >= 15 is 0 Å². The summed E-state index contributed by atoms with van der Waals surface area (Å²) in [5.41, 5.74) is 1.87. The Labute approximate surface area is 121 Å². The Morgan fingerprint density at radius 2 is 1.90 bits per heavy atom. The molecule has 20 heavy (non-hydrogen) atoms. The first-order chi connectivity index (χ1) is 9.54. The molecule has 0 spiro atoms. The van der Waals surface area contributed by atoms with Crippen molar-refractivity contribution in [3.8, 4) is 6.07 Å². The van der Waals surface area contributed by atoms with Gasteiger partial charge >= 0.3 is 5.97 Å². The molecule has 0 aliphatic carbocycles. The van der Waals surface area contributed by atoms with Crippen LogP contribution in [0.2, 0.25) is 5.02 Å². The van der Waals surface area contributed by atoms with E-state index < -0.39 is 5.97 Å². The van der Waals surface area contributed by atoms with Crippen molar-refractivity contribution in [3.63, 3.8) is 0 Å². The van der Waals surface area contributed by atoms with Crippen molar-refractivity contribution in [1.29, 1.82) is 5.26 Å². The minimum absolute atomic E-state index is 0.0565. The highest BCUT2D eigenvalue weighted by molar-refractivity contribution is 6.34. The molecule has 0 aliphatic rings. The summed E-state index contributed by atoms with van der Waals surface area (Å²) in [5, 5.41) is 18.2. The number of rotatable bonds is 3. The third-order valence-corrected chi connectivity index (χ3v) is 3.27. The van der Waals surface area contributed by atoms with Crippen LogP contribution in [0.4, 0.5) is 11.4 Å². The van der Waals surface area contributed by atoms with Crippen LogP contribution in [-0.4, -0.2) is 18.1 Å². The van der Waals surface area contributed by atoms with E-state index in [1.807, 2.05) is 6.07 Å². The molecule has 0 unspecified atom stereocenters. The van der Waals surface area contributed by atoms with Crippen molar-refractivity contribution in [2.45, 2.75) is 0 Å². The second-order valence-electron chi connectivity index (χ2n) is 4.16. The summed E-state index contributed by atoms with van der Waals surface area (Å²) in [5.74, 6) is -1.08. The standard InChI is InChI=1S/C15H11ClN2O2/c1-18(11-7-5-10(9-17)6-8-11)13-4-2-3-12(16)14(13)15(19)20/h2-8H,1H3,(H,19,20). The number of halogens is 1. The summed E-state index contributed by atoms with van der Waals surface area (Å²) in [4.78, 5) is 13.0. The lowest BCUT2D eigenvalue weighted by Gasteiger charge is -2.22. The largest absolute Gasteiger partial charge is 0.478 e. The van der Waals surface area contributed by atoms with E-state index in [1.165, 1.54) is 0 Å². The van der Waals surface area contributed by atoms with Gasteiger partial charge in [0.1, 0.15) is 5.56 Å². The topological polar surface area (TPSA) is 64.3 Å². The van der Waals surface area contributed by atoms with Gasteiger partial charge in [-0.3, -0.25) is 0 Å². The van der Waals surface area contributed by atoms with Crippen LogP contribution in [0, 0.1) is 11.3 Å². The van der Waals surface area contributed by atoms with Crippen LogP contribution in [0.15, 0.2) is 42.5 Å². The number of aromatic carboxylic acids is 1. The van der Waals surface area contributed by atoms with Crippen LogP contribution in [0.5, 0.6) is 0 Å². The molecule has 0 amide bonds. The van der Waals surface area contributed by atoms with E-state index in [2.05, 4.69) is 0 Å². The van der Waals surface area contributed by atoms with Gasteiger partial charge in [0.2, 0.25) is 0 Å². The molecule has 0 atom stereocenters. The normalized spacial score (nSPS) is 9.85. The minimum atomic E-state index is -1.08. The van der Waals surface area contributed by atoms with Gasteiger partial charge in [0, 0.05) is 12.7 Å². The van der Waals surface area contributed by atoms with Gasteiger partial charge in [-0.25, -0.2) is 4.79 Å². The first-order valence-corrected chi connectivity index (χ1v) is 6.18. The number of nitrogens with zero attached hydrogens (tertiary/aromatic N) is 2. The summed E-state index contributed by atoms with van der Waals surface area (Å²) in [6.45, 7) is 0. The molecule has 5 heteroatoms. The average Bonchev–Trinajstić information content (AvgIpc) is 2.46. The van der Waals surface area contributed by atoms with Crippen molar-refractivity contribution < 1.29 is 9.90 Å². The minimum Gasteiger partial charge on any atom is -0.478 e. The van der Waals surface area contributed by atoms with Crippen molar-refractivity contribution in [3.05, 3.63) is 58.6 Å². The molecule has 4 nitrogen and oxygen atoms in total. The Kier molecular flexibility index (Phi) is 3.92. The summed E-state index contributed by atoms with van der Waals surface area (Å²) in [6, 6.07) is 13.8. The van der Waals surface area contributed by atoms with Gasteiger partial charge in [0.15, 0.2) is 0 Å². The Morgan fingerprint density at radius 3 is 2.45 bits per heavy atom. The lowest BCUT2D eigenvalue weighted by molar-refractivity contribution is 0.0698. The third kappa shape index (κ3) is 2.58. The predicted molar refractivity (Wildman–Crippen MR) is 77.6 cm³/mol. The molecule has 0 saturated heterocycles. The second-order valence-corrected chi connectivity index (χ2v) is 4.56. The lowest BCUT2D eigenvalue weighted by Crippen LogP contribution is -2.14. The average molecular weight is 287 g/mol. The predicted octanol–water partition coefficient (Wildman–Crippen LogP) is 3.68. The molecule has 0 bridgehead atoms. The molecule has 0 heterocycles. The molecule has 1 N–H and O–H groups in total. The highest BCUT2D eigenvalue weighted by atomic mass is 35.5. The molecule has 2 aromatic carbocycles. The first-order valence-electron chi connectivity index (χ1n) is 5.80.